The summed E-state index contributed by atoms with van der Waals surface area (Å²) in [5, 5.41) is 9.90. The predicted octanol–water partition coefficient (Wildman–Crippen LogP) is 2.81. The molecular formula is C26H28FN5O4. The monoisotopic (exact) mass is 493 g/mol. The lowest BCUT2D eigenvalue weighted by atomic mass is 9.81. The van der Waals surface area contributed by atoms with Gasteiger partial charge in [0.25, 0.3) is 11.8 Å². The van der Waals surface area contributed by atoms with Crippen LogP contribution in [-0.2, 0) is 17.8 Å². The first-order valence-corrected chi connectivity index (χ1v) is 12.1. The number of benzene rings is 1. The number of alkyl halides is 1. The Balaban J connectivity index is 1.26. The molecule has 2 N–H and O–H groups in total. The summed E-state index contributed by atoms with van der Waals surface area (Å²) in [6.07, 6.45) is 4.24. The molecule has 0 radical (unpaired) electrons. The first-order valence-electron chi connectivity index (χ1n) is 12.1. The molecule has 0 atom stereocenters. The largest absolute Gasteiger partial charge is 0.486 e. The van der Waals surface area contributed by atoms with E-state index in [9.17, 15) is 18.8 Å². The van der Waals surface area contributed by atoms with Crippen LogP contribution in [0, 0.1) is 5.92 Å². The molecule has 3 aromatic rings. The van der Waals surface area contributed by atoms with Crippen LogP contribution in [0.15, 0.2) is 36.5 Å². The van der Waals surface area contributed by atoms with Crippen LogP contribution in [-0.4, -0.2) is 51.0 Å². The number of rotatable bonds is 6. The maximum atomic E-state index is 14.1. The maximum absolute atomic E-state index is 14.1. The highest BCUT2D eigenvalue weighted by Crippen LogP contribution is 2.34. The number of aromatic nitrogens is 3. The van der Waals surface area contributed by atoms with Crippen LogP contribution in [0.25, 0.3) is 5.65 Å². The van der Waals surface area contributed by atoms with Gasteiger partial charge in [0.05, 0.1) is 6.20 Å². The molecule has 1 aromatic carbocycles. The summed E-state index contributed by atoms with van der Waals surface area (Å²) < 4.78 is 20.9. The lowest BCUT2D eigenvalue weighted by molar-refractivity contribution is -0.121. The SMILES string of the molecule is CC1(F)CCC(CNC(=O)c2cc(C(=O)NCc3ccc4c(c3)CC(=O)CO4)nc3ccnn23)CC1. The molecule has 0 spiro atoms. The molecule has 2 aliphatic rings. The van der Waals surface area contributed by atoms with Crippen molar-refractivity contribution in [3.05, 3.63) is 59.0 Å². The van der Waals surface area contributed by atoms with Gasteiger partial charge in [0.2, 0.25) is 0 Å². The topological polar surface area (TPSA) is 115 Å². The number of ketones is 1. The highest BCUT2D eigenvalue weighted by Gasteiger charge is 2.31. The van der Waals surface area contributed by atoms with E-state index in [1.165, 1.54) is 16.8 Å². The minimum Gasteiger partial charge on any atom is -0.486 e. The molecular weight excluding hydrogens is 465 g/mol. The Morgan fingerprint density at radius 2 is 1.97 bits per heavy atom. The first-order chi connectivity index (χ1) is 17.3. The maximum Gasteiger partial charge on any atom is 0.270 e. The van der Waals surface area contributed by atoms with Gasteiger partial charge in [-0.3, -0.25) is 14.4 Å². The average molecular weight is 494 g/mol. The van der Waals surface area contributed by atoms with Crippen LogP contribution >= 0.6 is 0 Å². The van der Waals surface area contributed by atoms with Gasteiger partial charge in [0.15, 0.2) is 11.4 Å². The summed E-state index contributed by atoms with van der Waals surface area (Å²) in [5.41, 5.74) is 1.16. The van der Waals surface area contributed by atoms with Crippen LogP contribution in [0.3, 0.4) is 0 Å². The summed E-state index contributed by atoms with van der Waals surface area (Å²) in [7, 11) is 0. The number of ether oxygens (including phenoxy) is 1. The van der Waals surface area contributed by atoms with Crippen LogP contribution in [0.1, 0.15) is 64.7 Å². The number of carbonyl (C=O) groups is 3. The van der Waals surface area contributed by atoms with Crippen molar-refractivity contribution in [2.45, 2.75) is 51.2 Å². The van der Waals surface area contributed by atoms with E-state index in [0.29, 0.717) is 37.2 Å². The second-order valence-electron chi connectivity index (χ2n) is 9.82. The smallest absolute Gasteiger partial charge is 0.270 e. The second kappa shape index (κ2) is 9.67. The van der Waals surface area contributed by atoms with Gasteiger partial charge in [-0.1, -0.05) is 6.07 Å². The Morgan fingerprint density at radius 1 is 1.17 bits per heavy atom. The molecule has 188 valence electrons. The summed E-state index contributed by atoms with van der Waals surface area (Å²) in [4.78, 5) is 41.9. The Morgan fingerprint density at radius 3 is 2.78 bits per heavy atom. The molecule has 2 aromatic heterocycles. The van der Waals surface area contributed by atoms with Crippen molar-refractivity contribution in [1.82, 2.24) is 25.2 Å². The van der Waals surface area contributed by atoms with E-state index < -0.39 is 11.6 Å². The minimum atomic E-state index is -1.13. The molecule has 0 bridgehead atoms. The summed E-state index contributed by atoms with van der Waals surface area (Å²) >= 11 is 0. The van der Waals surface area contributed by atoms with Crippen molar-refractivity contribution < 1.29 is 23.5 Å². The molecule has 0 saturated heterocycles. The Hall–Kier alpha value is -3.82. The van der Waals surface area contributed by atoms with E-state index in [4.69, 9.17) is 4.74 Å². The number of Topliss-reactive ketones (excluding diaryl/α,β-unsaturated/α-hetero) is 1. The van der Waals surface area contributed by atoms with Crippen molar-refractivity contribution in [2.75, 3.05) is 13.2 Å². The van der Waals surface area contributed by atoms with Crippen molar-refractivity contribution in [3.8, 4) is 5.75 Å². The molecule has 36 heavy (non-hydrogen) atoms. The third kappa shape index (κ3) is 5.22. The average Bonchev–Trinajstić information content (AvgIpc) is 3.34. The Labute approximate surface area is 207 Å². The summed E-state index contributed by atoms with van der Waals surface area (Å²) in [5.74, 6) is 0.102. The van der Waals surface area contributed by atoms with Gasteiger partial charge in [-0.05, 0) is 56.2 Å². The molecule has 3 heterocycles. The van der Waals surface area contributed by atoms with Crippen LogP contribution in [0.5, 0.6) is 5.75 Å². The Bertz CT molecular complexity index is 1330. The van der Waals surface area contributed by atoms with Crippen molar-refractivity contribution in [1.29, 1.82) is 0 Å². The van der Waals surface area contributed by atoms with Crippen molar-refractivity contribution in [3.63, 3.8) is 0 Å². The summed E-state index contributed by atoms with van der Waals surface area (Å²) in [6, 6.07) is 8.51. The van der Waals surface area contributed by atoms with E-state index in [2.05, 4.69) is 20.7 Å². The standard InChI is InChI=1S/C26H28FN5O4/c1-26(27)7-4-16(5-8-26)13-29-25(35)21-12-20(31-23-6-9-30-32(21)23)24(34)28-14-17-2-3-22-18(10-17)11-19(33)15-36-22/h2-3,6,9-10,12,16H,4-5,7-8,11,13-15H2,1H3,(H,28,34)(H,29,35). The number of fused-ring (bicyclic) bond motifs is 2. The molecule has 1 aliphatic carbocycles. The lowest BCUT2D eigenvalue weighted by Crippen LogP contribution is -2.35. The molecule has 0 unspecified atom stereocenters. The normalized spacial score (nSPS) is 21.5. The fraction of sp³-hybridized carbons (Fsp3) is 0.423. The van der Waals surface area contributed by atoms with Crippen LogP contribution < -0.4 is 15.4 Å². The van der Waals surface area contributed by atoms with E-state index >= 15 is 0 Å². The predicted molar refractivity (Wildman–Crippen MR) is 129 cm³/mol. The molecule has 1 saturated carbocycles. The second-order valence-corrected chi connectivity index (χ2v) is 9.82. The summed E-state index contributed by atoms with van der Waals surface area (Å²) in [6.45, 7) is 2.37. The van der Waals surface area contributed by atoms with Crippen molar-refractivity contribution >= 4 is 23.2 Å². The number of amides is 2. The molecule has 1 fully saturated rings. The fourth-order valence-electron chi connectivity index (χ4n) is 4.72. The van der Waals surface area contributed by atoms with Crippen molar-refractivity contribution in [2.24, 2.45) is 5.92 Å². The Kier molecular flexibility index (Phi) is 6.42. The van der Waals surface area contributed by atoms with Crippen LogP contribution in [0.4, 0.5) is 4.39 Å². The molecule has 9 nitrogen and oxygen atoms in total. The zero-order valence-corrected chi connectivity index (χ0v) is 20.1. The quantitative estimate of drug-likeness (QED) is 0.546. The minimum absolute atomic E-state index is 0.0113. The van der Waals surface area contributed by atoms with E-state index in [-0.39, 0.29) is 42.1 Å². The van der Waals surface area contributed by atoms with Gasteiger partial charge in [-0.2, -0.15) is 5.10 Å². The number of nitrogens with one attached hydrogen (secondary N) is 2. The molecule has 2 amide bonds. The van der Waals surface area contributed by atoms with E-state index in [1.807, 2.05) is 12.1 Å². The third-order valence-corrected chi connectivity index (χ3v) is 6.88. The first kappa shape index (κ1) is 23.9. The number of hydrogen-bond acceptors (Lipinski definition) is 6. The van der Waals surface area contributed by atoms with Crippen LogP contribution in [0.2, 0.25) is 0 Å². The zero-order chi connectivity index (χ0) is 25.3. The molecule has 10 heteroatoms. The van der Waals surface area contributed by atoms with Gasteiger partial charge in [0.1, 0.15) is 29.4 Å². The number of carbonyl (C=O) groups excluding carboxylic acids is 3. The van der Waals surface area contributed by atoms with E-state index in [0.717, 1.165) is 24.0 Å². The molecule has 5 rings (SSSR count). The van der Waals surface area contributed by atoms with Gasteiger partial charge >= 0.3 is 0 Å². The van der Waals surface area contributed by atoms with E-state index in [1.54, 1.807) is 19.1 Å². The third-order valence-electron chi connectivity index (χ3n) is 6.88. The zero-order valence-electron chi connectivity index (χ0n) is 20.1. The number of halogens is 1. The van der Waals surface area contributed by atoms with Gasteiger partial charge in [0, 0.05) is 37.2 Å². The molecule has 1 aliphatic heterocycles. The van der Waals surface area contributed by atoms with Gasteiger partial charge in [-0.25, -0.2) is 13.9 Å². The van der Waals surface area contributed by atoms with Gasteiger partial charge < -0.3 is 15.4 Å². The highest BCUT2D eigenvalue weighted by molar-refractivity contribution is 5.98. The number of nitrogens with zero attached hydrogens (tertiary/aromatic N) is 3. The number of hydrogen-bond donors (Lipinski definition) is 2. The highest BCUT2D eigenvalue weighted by atomic mass is 19.1. The lowest BCUT2D eigenvalue weighted by Gasteiger charge is -2.31. The van der Waals surface area contributed by atoms with Gasteiger partial charge in [-0.15, -0.1) is 0 Å². The fourth-order valence-corrected chi connectivity index (χ4v) is 4.72.